The smallest absolute Gasteiger partial charge is 0.252 e. The van der Waals surface area contributed by atoms with E-state index >= 15 is 0 Å². The van der Waals surface area contributed by atoms with E-state index in [4.69, 9.17) is 40.5 Å². The highest BCUT2D eigenvalue weighted by Crippen LogP contribution is 2.23. The van der Waals surface area contributed by atoms with Crippen molar-refractivity contribution < 1.29 is 4.79 Å². The Morgan fingerprint density at radius 1 is 1.21 bits per heavy atom. The molecule has 0 atom stereocenters. The second-order valence-corrected chi connectivity index (χ2v) is 5.71. The van der Waals surface area contributed by atoms with Gasteiger partial charge in [0.2, 0.25) is 0 Å². The number of carbonyl (C=O) groups excluding carboxylic acids is 1. The third-order valence-corrected chi connectivity index (χ3v) is 4.01. The van der Waals surface area contributed by atoms with E-state index in [9.17, 15) is 4.79 Å². The van der Waals surface area contributed by atoms with Crippen molar-refractivity contribution in [3.05, 3.63) is 56.2 Å². The minimum Gasteiger partial charge on any atom is -0.330 e. The van der Waals surface area contributed by atoms with Gasteiger partial charge in [0.1, 0.15) is 0 Å². The molecule has 102 valence electrons. The number of halogens is 3. The predicted molar refractivity (Wildman–Crippen MR) is 83.7 cm³/mol. The van der Waals surface area contributed by atoms with Crippen LogP contribution in [0.15, 0.2) is 35.7 Å². The molecular weight excluding hydrogens is 325 g/mol. The molecule has 6 heteroatoms. The Kier molecular flexibility index (Phi) is 7.42. The van der Waals surface area contributed by atoms with E-state index in [1.54, 1.807) is 11.3 Å². The predicted octanol–water partition coefficient (Wildman–Crippen LogP) is 4.62. The van der Waals surface area contributed by atoms with Crippen LogP contribution in [0.5, 0.6) is 0 Å². The molecule has 1 aromatic heterocycles. The van der Waals surface area contributed by atoms with Crippen LogP contribution in [0.25, 0.3) is 0 Å². The maximum atomic E-state index is 10.6. The van der Waals surface area contributed by atoms with Gasteiger partial charge >= 0.3 is 0 Å². The van der Waals surface area contributed by atoms with Crippen LogP contribution in [-0.2, 0) is 6.42 Å². The first-order chi connectivity index (χ1) is 9.04. The summed E-state index contributed by atoms with van der Waals surface area (Å²) in [5.41, 5.74) is 5.67. The van der Waals surface area contributed by atoms with E-state index < -0.39 is 5.24 Å². The quantitative estimate of drug-likeness (QED) is 0.831. The minimum atomic E-state index is -0.538. The topological polar surface area (TPSA) is 43.1 Å². The lowest BCUT2D eigenvalue weighted by Crippen LogP contribution is -2.00. The van der Waals surface area contributed by atoms with Crippen molar-refractivity contribution >= 4 is 51.4 Å². The van der Waals surface area contributed by atoms with Crippen LogP contribution in [0.1, 0.15) is 15.2 Å². The summed E-state index contributed by atoms with van der Waals surface area (Å²) < 4.78 is 0. The molecule has 2 aromatic rings. The Bertz CT molecular complexity index is 529. The lowest BCUT2D eigenvalue weighted by molar-refractivity contribution is 0.108. The zero-order valence-electron chi connectivity index (χ0n) is 9.91. The Morgan fingerprint density at radius 2 is 1.95 bits per heavy atom. The molecule has 0 aliphatic rings. The third-order valence-electron chi connectivity index (χ3n) is 2.12. The van der Waals surface area contributed by atoms with Crippen molar-refractivity contribution in [2.45, 2.75) is 6.42 Å². The first kappa shape index (κ1) is 16.5. The minimum absolute atomic E-state index is 0.332. The molecule has 0 spiro atoms. The molecule has 19 heavy (non-hydrogen) atoms. The highest BCUT2D eigenvalue weighted by Gasteiger charge is 2.03. The molecule has 1 heterocycles. The van der Waals surface area contributed by atoms with Crippen molar-refractivity contribution in [1.29, 1.82) is 0 Å². The second-order valence-electron chi connectivity index (χ2n) is 3.52. The number of carbonyl (C=O) groups is 1. The number of rotatable bonds is 3. The summed E-state index contributed by atoms with van der Waals surface area (Å²) in [6.07, 6.45) is 1.03. The number of thiophene rings is 1. The number of nitrogens with two attached hydrogens (primary N) is 1. The molecule has 0 saturated carbocycles. The second kappa shape index (κ2) is 8.56. The molecule has 0 bridgehead atoms. The Hall–Kier alpha value is -0.580. The van der Waals surface area contributed by atoms with E-state index in [1.807, 2.05) is 0 Å². The summed E-state index contributed by atoms with van der Waals surface area (Å²) in [5, 5.41) is 2.28. The summed E-state index contributed by atoms with van der Waals surface area (Å²) in [6.45, 7) is 0.764. The van der Waals surface area contributed by atoms with Crippen LogP contribution < -0.4 is 5.73 Å². The lowest BCUT2D eigenvalue weighted by atomic mass is 10.2. The van der Waals surface area contributed by atoms with Crippen LogP contribution in [0.4, 0.5) is 0 Å². The van der Waals surface area contributed by atoms with Gasteiger partial charge in [0.25, 0.3) is 5.24 Å². The summed E-state index contributed by atoms with van der Waals surface area (Å²) in [4.78, 5) is 12.0. The maximum Gasteiger partial charge on any atom is 0.252 e. The Labute approximate surface area is 131 Å². The van der Waals surface area contributed by atoms with Gasteiger partial charge in [0.15, 0.2) is 0 Å². The van der Waals surface area contributed by atoms with Gasteiger partial charge < -0.3 is 5.73 Å². The average molecular weight is 337 g/mol. The SMILES string of the molecule is NCCc1cccs1.O=C(Cl)c1ccc(Cl)c(Cl)c1. The molecule has 1 aromatic carbocycles. The fourth-order valence-electron chi connectivity index (χ4n) is 1.22. The first-order valence-corrected chi connectivity index (χ1v) is 7.43. The molecule has 2 N–H and O–H groups in total. The van der Waals surface area contributed by atoms with Gasteiger partial charge in [-0.2, -0.15) is 0 Å². The summed E-state index contributed by atoms with van der Waals surface area (Å²) in [6, 6.07) is 8.63. The highest BCUT2D eigenvalue weighted by atomic mass is 35.5. The standard InChI is InChI=1S/C7H3Cl3O.C6H9NS/c8-5-2-1-4(7(10)11)3-6(5)9;7-4-3-6-2-1-5-8-6/h1-3H;1-2,5H,3-4,7H2. The van der Waals surface area contributed by atoms with Crippen LogP contribution in [0.2, 0.25) is 10.0 Å². The van der Waals surface area contributed by atoms with Crippen molar-refractivity contribution in [2.75, 3.05) is 6.54 Å². The molecule has 0 saturated heterocycles. The molecule has 0 unspecified atom stereocenters. The van der Waals surface area contributed by atoms with Crippen molar-refractivity contribution in [2.24, 2.45) is 5.73 Å². The molecule has 0 aliphatic carbocycles. The normalized spacial score (nSPS) is 9.68. The summed E-state index contributed by atoms with van der Waals surface area (Å²) >= 11 is 18.2. The van der Waals surface area contributed by atoms with Gasteiger partial charge in [0, 0.05) is 10.4 Å². The molecule has 0 radical (unpaired) electrons. The summed E-state index contributed by atoms with van der Waals surface area (Å²) in [7, 11) is 0. The van der Waals surface area contributed by atoms with Crippen LogP contribution in [0, 0.1) is 0 Å². The average Bonchev–Trinajstić information content (AvgIpc) is 2.87. The van der Waals surface area contributed by atoms with Crippen molar-refractivity contribution in [3.63, 3.8) is 0 Å². The molecule has 0 fully saturated rings. The van der Waals surface area contributed by atoms with E-state index in [0.29, 0.717) is 15.6 Å². The fraction of sp³-hybridized carbons (Fsp3) is 0.154. The van der Waals surface area contributed by atoms with E-state index in [-0.39, 0.29) is 0 Å². The summed E-state index contributed by atoms with van der Waals surface area (Å²) in [5.74, 6) is 0. The van der Waals surface area contributed by atoms with Crippen molar-refractivity contribution in [1.82, 2.24) is 0 Å². The molecule has 0 aliphatic heterocycles. The number of benzene rings is 1. The van der Waals surface area contributed by atoms with Crippen LogP contribution >= 0.6 is 46.1 Å². The number of hydrogen-bond acceptors (Lipinski definition) is 3. The van der Waals surface area contributed by atoms with Gasteiger partial charge in [-0.1, -0.05) is 29.3 Å². The zero-order valence-corrected chi connectivity index (χ0v) is 13.0. The molecule has 2 nitrogen and oxygen atoms in total. The number of hydrogen-bond donors (Lipinski definition) is 1. The highest BCUT2D eigenvalue weighted by molar-refractivity contribution is 7.09. The zero-order chi connectivity index (χ0) is 14.3. The van der Waals surface area contributed by atoms with Gasteiger partial charge in [-0.3, -0.25) is 4.79 Å². The Balaban J connectivity index is 0.000000200. The first-order valence-electron chi connectivity index (χ1n) is 5.42. The van der Waals surface area contributed by atoms with Gasteiger partial charge in [0.05, 0.1) is 10.0 Å². The largest absolute Gasteiger partial charge is 0.330 e. The van der Waals surface area contributed by atoms with Crippen molar-refractivity contribution in [3.8, 4) is 0 Å². The molecule has 0 amide bonds. The molecular formula is C13H12Cl3NOS. The van der Waals surface area contributed by atoms with Crippen LogP contribution in [-0.4, -0.2) is 11.8 Å². The third kappa shape index (κ3) is 5.93. The molecule has 2 rings (SSSR count). The van der Waals surface area contributed by atoms with E-state index in [0.717, 1.165) is 13.0 Å². The Morgan fingerprint density at radius 3 is 2.42 bits per heavy atom. The van der Waals surface area contributed by atoms with Crippen LogP contribution in [0.3, 0.4) is 0 Å². The van der Waals surface area contributed by atoms with E-state index in [1.165, 1.54) is 23.1 Å². The van der Waals surface area contributed by atoms with Gasteiger partial charge in [-0.15, -0.1) is 11.3 Å². The van der Waals surface area contributed by atoms with Gasteiger partial charge in [-0.25, -0.2) is 0 Å². The van der Waals surface area contributed by atoms with Gasteiger partial charge in [-0.05, 0) is 54.2 Å². The maximum absolute atomic E-state index is 10.6. The van der Waals surface area contributed by atoms with E-state index in [2.05, 4.69) is 17.5 Å². The fourth-order valence-corrected chi connectivity index (χ4v) is 2.36. The monoisotopic (exact) mass is 335 g/mol. The lowest BCUT2D eigenvalue weighted by Gasteiger charge is -1.96.